The molecule has 0 heterocycles. The Morgan fingerprint density at radius 1 is 1.35 bits per heavy atom. The van der Waals surface area contributed by atoms with Crippen molar-refractivity contribution in [3.05, 3.63) is 58.8 Å². The van der Waals surface area contributed by atoms with Gasteiger partial charge in [-0.25, -0.2) is 4.79 Å². The van der Waals surface area contributed by atoms with Gasteiger partial charge in [-0.3, -0.25) is 0 Å². The summed E-state index contributed by atoms with van der Waals surface area (Å²) in [7, 11) is 0. The lowest BCUT2D eigenvalue weighted by Crippen LogP contribution is -2.49. The van der Waals surface area contributed by atoms with Crippen molar-refractivity contribution >= 4 is 5.97 Å². The van der Waals surface area contributed by atoms with Crippen molar-refractivity contribution in [2.24, 2.45) is 17.1 Å². The molecule has 5 heteroatoms. The van der Waals surface area contributed by atoms with Crippen LogP contribution in [-0.4, -0.2) is 12.6 Å². The average Bonchev–Trinajstić information content (AvgIpc) is 2.68. The molecular weight excluding hydrogens is 326 g/mol. The third-order valence-electron chi connectivity index (χ3n) is 5.38. The maximum atomic E-state index is 13.0. The Labute approximate surface area is 153 Å². The van der Waals surface area contributed by atoms with Gasteiger partial charge in [0.15, 0.2) is 0 Å². The van der Waals surface area contributed by atoms with Crippen LogP contribution in [0.5, 0.6) is 0 Å². The number of nitriles is 2. The van der Waals surface area contributed by atoms with E-state index < -0.39 is 17.3 Å². The molecule has 0 radical (unpaired) electrons. The molecule has 0 saturated heterocycles. The molecule has 5 nitrogen and oxygen atoms in total. The van der Waals surface area contributed by atoms with Crippen molar-refractivity contribution in [2.75, 3.05) is 6.61 Å². The van der Waals surface area contributed by atoms with Crippen molar-refractivity contribution in [3.63, 3.8) is 0 Å². The number of hydrogen-bond acceptors (Lipinski definition) is 5. The van der Waals surface area contributed by atoms with Crippen LogP contribution >= 0.6 is 0 Å². The second kappa shape index (κ2) is 7.06. The Balaban J connectivity index is 2.34. The van der Waals surface area contributed by atoms with E-state index in [1.165, 1.54) is 0 Å². The molecule has 2 aliphatic carbocycles. The van der Waals surface area contributed by atoms with Crippen LogP contribution in [0.4, 0.5) is 0 Å². The highest BCUT2D eigenvalue weighted by molar-refractivity contribution is 5.87. The van der Waals surface area contributed by atoms with E-state index in [0.717, 1.165) is 30.4 Å². The summed E-state index contributed by atoms with van der Waals surface area (Å²) in [6.45, 7) is 1.84. The van der Waals surface area contributed by atoms with E-state index in [1.807, 2.05) is 36.4 Å². The summed E-state index contributed by atoms with van der Waals surface area (Å²) in [6, 6.07) is 13.8. The topological polar surface area (TPSA) is 99.9 Å². The monoisotopic (exact) mass is 347 g/mol. The number of fused-ring (bicyclic) bond motifs is 1. The zero-order valence-electron chi connectivity index (χ0n) is 14.7. The Hall–Kier alpha value is -3.05. The van der Waals surface area contributed by atoms with Crippen LogP contribution in [0.25, 0.3) is 0 Å². The summed E-state index contributed by atoms with van der Waals surface area (Å²) in [5.41, 5.74) is 6.64. The van der Waals surface area contributed by atoms with Gasteiger partial charge in [0.2, 0.25) is 5.41 Å². The van der Waals surface area contributed by atoms with Crippen molar-refractivity contribution in [2.45, 2.75) is 32.1 Å². The van der Waals surface area contributed by atoms with Crippen molar-refractivity contribution in [1.82, 2.24) is 0 Å². The number of nitrogens with zero attached hydrogens (tertiary/aromatic N) is 2. The van der Waals surface area contributed by atoms with E-state index in [0.29, 0.717) is 0 Å². The van der Waals surface area contributed by atoms with Gasteiger partial charge in [0.05, 0.1) is 23.9 Å². The number of rotatable bonds is 3. The standard InChI is InChI=1S/C21H21N3O2/c1-2-26-20(25)21(13-23)18(14-8-4-3-5-9-14)16-11-7-6-10-15(16)17(12-22)19(21)24/h3-5,8-10,16,18H,2,6-7,11,24H2,1H3/t16-,18+,21+/m1/s1. The molecule has 26 heavy (non-hydrogen) atoms. The summed E-state index contributed by atoms with van der Waals surface area (Å²) in [6.07, 6.45) is 4.64. The first-order chi connectivity index (χ1) is 12.6. The van der Waals surface area contributed by atoms with Gasteiger partial charge in [-0.2, -0.15) is 10.5 Å². The van der Waals surface area contributed by atoms with Crippen LogP contribution in [0.1, 0.15) is 37.7 Å². The molecule has 0 aromatic heterocycles. The van der Waals surface area contributed by atoms with Crippen molar-refractivity contribution in [1.29, 1.82) is 10.5 Å². The number of allylic oxidation sites excluding steroid dienone is 3. The molecule has 0 bridgehead atoms. The first-order valence-corrected chi connectivity index (χ1v) is 8.86. The van der Waals surface area contributed by atoms with E-state index in [-0.39, 0.29) is 23.8 Å². The maximum absolute atomic E-state index is 13.0. The first-order valence-electron chi connectivity index (χ1n) is 8.86. The fraction of sp³-hybridized carbons (Fsp3) is 0.381. The fourth-order valence-corrected chi connectivity index (χ4v) is 4.28. The van der Waals surface area contributed by atoms with E-state index in [9.17, 15) is 15.3 Å². The van der Waals surface area contributed by atoms with Crippen LogP contribution in [0, 0.1) is 34.0 Å². The third kappa shape index (κ3) is 2.48. The minimum Gasteiger partial charge on any atom is -0.464 e. The molecule has 0 amide bonds. The van der Waals surface area contributed by atoms with Gasteiger partial charge in [-0.1, -0.05) is 36.4 Å². The summed E-state index contributed by atoms with van der Waals surface area (Å²) >= 11 is 0. The molecule has 3 atom stereocenters. The highest BCUT2D eigenvalue weighted by atomic mass is 16.5. The molecule has 0 saturated carbocycles. The molecule has 0 aliphatic heterocycles. The quantitative estimate of drug-likeness (QED) is 0.845. The van der Waals surface area contributed by atoms with Gasteiger partial charge in [0.25, 0.3) is 0 Å². The fourth-order valence-electron chi connectivity index (χ4n) is 4.28. The Morgan fingerprint density at radius 2 is 2.08 bits per heavy atom. The SMILES string of the molecule is CCOC(=O)[C@]1(C#N)C(N)=C(C#N)C2=CCCC[C@H]2[C@@H]1c1ccccc1. The summed E-state index contributed by atoms with van der Waals surface area (Å²) in [5, 5.41) is 19.9. The number of nitrogens with two attached hydrogens (primary N) is 1. The zero-order valence-corrected chi connectivity index (χ0v) is 14.7. The maximum Gasteiger partial charge on any atom is 0.333 e. The van der Waals surface area contributed by atoms with E-state index in [2.05, 4.69) is 12.1 Å². The molecule has 0 unspecified atom stereocenters. The number of carbonyl (C=O) groups is 1. The van der Waals surface area contributed by atoms with Crippen molar-refractivity contribution < 1.29 is 9.53 Å². The Bertz CT molecular complexity index is 857. The number of ether oxygens (including phenoxy) is 1. The van der Waals surface area contributed by atoms with Crippen LogP contribution in [0.2, 0.25) is 0 Å². The zero-order chi connectivity index (χ0) is 18.7. The lowest BCUT2D eigenvalue weighted by atomic mass is 9.56. The van der Waals surface area contributed by atoms with Gasteiger partial charge < -0.3 is 10.5 Å². The van der Waals surface area contributed by atoms with E-state index >= 15 is 0 Å². The van der Waals surface area contributed by atoms with E-state index in [1.54, 1.807) is 6.92 Å². The van der Waals surface area contributed by atoms with Crippen LogP contribution < -0.4 is 5.73 Å². The summed E-state index contributed by atoms with van der Waals surface area (Å²) < 4.78 is 5.27. The minimum absolute atomic E-state index is 0.0132. The smallest absolute Gasteiger partial charge is 0.333 e. The number of carbonyl (C=O) groups excluding carboxylic acids is 1. The van der Waals surface area contributed by atoms with E-state index in [4.69, 9.17) is 10.5 Å². The van der Waals surface area contributed by atoms with Crippen LogP contribution in [-0.2, 0) is 9.53 Å². The molecule has 0 spiro atoms. The molecule has 132 valence electrons. The molecule has 1 aromatic carbocycles. The molecule has 1 aromatic rings. The first kappa shape index (κ1) is 17.8. The number of benzene rings is 1. The number of hydrogen-bond donors (Lipinski definition) is 1. The molecule has 3 rings (SSSR count). The predicted molar refractivity (Wildman–Crippen MR) is 96.1 cm³/mol. The molecule has 2 aliphatic rings. The second-order valence-corrected chi connectivity index (χ2v) is 6.63. The lowest BCUT2D eigenvalue weighted by molar-refractivity contribution is -0.152. The summed E-state index contributed by atoms with van der Waals surface area (Å²) in [5.74, 6) is -1.26. The number of esters is 1. The second-order valence-electron chi connectivity index (χ2n) is 6.63. The van der Waals surface area contributed by atoms with Crippen LogP contribution in [0.15, 0.2) is 53.3 Å². The van der Waals surface area contributed by atoms with Gasteiger partial charge in [-0.15, -0.1) is 0 Å². The molecule has 0 fully saturated rings. The Kier molecular flexibility index (Phi) is 4.82. The van der Waals surface area contributed by atoms with Crippen molar-refractivity contribution in [3.8, 4) is 12.1 Å². The molecule has 2 N–H and O–H groups in total. The Morgan fingerprint density at radius 3 is 2.69 bits per heavy atom. The van der Waals surface area contributed by atoms with Gasteiger partial charge in [0.1, 0.15) is 6.07 Å². The van der Waals surface area contributed by atoms with Gasteiger partial charge in [0, 0.05) is 5.92 Å². The van der Waals surface area contributed by atoms with Gasteiger partial charge in [-0.05, 0) is 43.2 Å². The average molecular weight is 347 g/mol. The van der Waals surface area contributed by atoms with Gasteiger partial charge >= 0.3 is 5.97 Å². The lowest BCUT2D eigenvalue weighted by Gasteiger charge is -2.45. The predicted octanol–water partition coefficient (Wildman–Crippen LogP) is 3.32. The minimum atomic E-state index is -1.69. The largest absolute Gasteiger partial charge is 0.464 e. The molecular formula is C21H21N3O2. The van der Waals surface area contributed by atoms with Crippen LogP contribution in [0.3, 0.4) is 0 Å². The summed E-state index contributed by atoms with van der Waals surface area (Å²) in [4.78, 5) is 13.0. The normalized spacial score (nSPS) is 27.6. The highest BCUT2D eigenvalue weighted by Gasteiger charge is 2.58. The third-order valence-corrected chi connectivity index (χ3v) is 5.38. The highest BCUT2D eigenvalue weighted by Crippen LogP contribution is 2.56.